The molecule has 17 heavy (non-hydrogen) atoms. The molecule has 2 N–H and O–H groups in total. The highest BCUT2D eigenvalue weighted by molar-refractivity contribution is 9.10. The fourth-order valence-electron chi connectivity index (χ4n) is 1.79. The van der Waals surface area contributed by atoms with Crippen molar-refractivity contribution in [2.45, 2.75) is 45.8 Å². The molecule has 0 fully saturated rings. The summed E-state index contributed by atoms with van der Waals surface area (Å²) in [7, 11) is 1.93. The first-order valence-electron chi connectivity index (χ1n) is 6.04. The number of halogens is 1. The number of hydrogen-bond donors (Lipinski definition) is 2. The zero-order valence-electron chi connectivity index (χ0n) is 11.0. The van der Waals surface area contributed by atoms with Crippen molar-refractivity contribution < 1.29 is 5.11 Å². The molecule has 0 bridgehead atoms. The van der Waals surface area contributed by atoms with Crippen molar-refractivity contribution >= 4 is 15.9 Å². The maximum atomic E-state index is 10.2. The molecule has 0 aromatic carbocycles. The second-order valence-corrected chi connectivity index (χ2v) is 5.30. The Morgan fingerprint density at radius 1 is 1.41 bits per heavy atom. The predicted molar refractivity (Wildman–Crippen MR) is 72.9 cm³/mol. The number of nitrogens with one attached hydrogen (secondary N) is 1. The van der Waals surface area contributed by atoms with Crippen LogP contribution in [0.1, 0.15) is 38.1 Å². The minimum absolute atomic E-state index is 0.597. The summed E-state index contributed by atoms with van der Waals surface area (Å²) >= 11 is 3.53. The monoisotopic (exact) mass is 303 g/mol. The highest BCUT2D eigenvalue weighted by Crippen LogP contribution is 2.20. The van der Waals surface area contributed by atoms with Crippen molar-refractivity contribution in [3.05, 3.63) is 15.9 Å². The third-order valence-corrected chi connectivity index (χ3v) is 4.36. The maximum Gasteiger partial charge on any atom is 0.0766 e. The molecule has 0 aliphatic carbocycles. The minimum Gasteiger partial charge on any atom is -0.389 e. The van der Waals surface area contributed by atoms with Gasteiger partial charge in [0.05, 0.1) is 21.5 Å². The van der Waals surface area contributed by atoms with E-state index in [4.69, 9.17) is 0 Å². The van der Waals surface area contributed by atoms with Crippen molar-refractivity contribution in [3.63, 3.8) is 0 Å². The molecule has 5 heteroatoms. The molecular formula is C12H22BrN3O. The van der Waals surface area contributed by atoms with Gasteiger partial charge in [-0.15, -0.1) is 0 Å². The van der Waals surface area contributed by atoms with Gasteiger partial charge in [0, 0.05) is 20.1 Å². The SMILES string of the molecule is CCC(O)(CC)CNCc1c(Br)c(C)nn1C. The molecule has 1 heterocycles. The van der Waals surface area contributed by atoms with Crippen LogP contribution in [0.4, 0.5) is 0 Å². The Hall–Kier alpha value is -0.390. The lowest BCUT2D eigenvalue weighted by Crippen LogP contribution is -2.39. The molecule has 0 amide bonds. The van der Waals surface area contributed by atoms with Gasteiger partial charge in [0.2, 0.25) is 0 Å². The summed E-state index contributed by atoms with van der Waals surface area (Å²) in [5, 5.41) is 17.8. The average molecular weight is 304 g/mol. The molecular weight excluding hydrogens is 282 g/mol. The molecule has 0 saturated heterocycles. The summed E-state index contributed by atoms with van der Waals surface area (Å²) in [6, 6.07) is 0. The molecule has 0 spiro atoms. The Morgan fingerprint density at radius 2 is 2.00 bits per heavy atom. The summed E-state index contributed by atoms with van der Waals surface area (Å²) in [6.45, 7) is 7.31. The Morgan fingerprint density at radius 3 is 2.41 bits per heavy atom. The van der Waals surface area contributed by atoms with Crippen LogP contribution in [-0.4, -0.2) is 27.0 Å². The summed E-state index contributed by atoms with van der Waals surface area (Å²) < 4.78 is 2.91. The van der Waals surface area contributed by atoms with E-state index in [9.17, 15) is 5.11 Å². The highest BCUT2D eigenvalue weighted by atomic mass is 79.9. The van der Waals surface area contributed by atoms with E-state index < -0.39 is 5.60 Å². The quantitative estimate of drug-likeness (QED) is 0.846. The lowest BCUT2D eigenvalue weighted by Gasteiger charge is -2.25. The molecule has 1 rings (SSSR count). The van der Waals surface area contributed by atoms with Gasteiger partial charge in [-0.2, -0.15) is 5.10 Å². The first kappa shape index (κ1) is 14.7. The zero-order valence-corrected chi connectivity index (χ0v) is 12.6. The van der Waals surface area contributed by atoms with E-state index in [2.05, 4.69) is 26.3 Å². The normalized spacial score (nSPS) is 12.1. The second-order valence-electron chi connectivity index (χ2n) is 4.50. The van der Waals surface area contributed by atoms with E-state index in [0.717, 1.165) is 28.7 Å². The smallest absolute Gasteiger partial charge is 0.0766 e. The largest absolute Gasteiger partial charge is 0.389 e. The molecule has 0 unspecified atom stereocenters. The van der Waals surface area contributed by atoms with Crippen LogP contribution in [0.5, 0.6) is 0 Å². The average Bonchev–Trinajstić information content (AvgIpc) is 2.55. The molecule has 0 aliphatic rings. The van der Waals surface area contributed by atoms with E-state index in [-0.39, 0.29) is 0 Å². The Kier molecular flexibility index (Phi) is 5.16. The van der Waals surface area contributed by atoms with Crippen molar-refractivity contribution in [3.8, 4) is 0 Å². The van der Waals surface area contributed by atoms with Gasteiger partial charge >= 0.3 is 0 Å². The summed E-state index contributed by atoms with van der Waals surface area (Å²) in [4.78, 5) is 0. The van der Waals surface area contributed by atoms with Crippen molar-refractivity contribution in [2.24, 2.45) is 7.05 Å². The topological polar surface area (TPSA) is 50.1 Å². The van der Waals surface area contributed by atoms with Crippen molar-refractivity contribution in [1.29, 1.82) is 0 Å². The third kappa shape index (κ3) is 3.53. The summed E-state index contributed by atoms with van der Waals surface area (Å²) in [6.07, 6.45) is 1.53. The van der Waals surface area contributed by atoms with Crippen LogP contribution < -0.4 is 5.32 Å². The van der Waals surface area contributed by atoms with Crippen LogP contribution >= 0.6 is 15.9 Å². The standard InChI is InChI=1S/C12H22BrN3O/c1-5-12(17,6-2)8-14-7-10-11(13)9(3)15-16(10)4/h14,17H,5-8H2,1-4H3. The molecule has 4 nitrogen and oxygen atoms in total. The van der Waals surface area contributed by atoms with Gasteiger partial charge < -0.3 is 10.4 Å². The fraction of sp³-hybridized carbons (Fsp3) is 0.750. The van der Waals surface area contributed by atoms with E-state index >= 15 is 0 Å². The van der Waals surface area contributed by atoms with Crippen LogP contribution in [0.15, 0.2) is 4.47 Å². The van der Waals surface area contributed by atoms with E-state index in [0.29, 0.717) is 13.1 Å². The van der Waals surface area contributed by atoms with Gasteiger partial charge in [-0.1, -0.05) is 13.8 Å². The van der Waals surface area contributed by atoms with Crippen LogP contribution in [0.2, 0.25) is 0 Å². The number of rotatable bonds is 6. The lowest BCUT2D eigenvalue weighted by atomic mass is 9.98. The number of aromatic nitrogens is 2. The molecule has 0 saturated carbocycles. The second kappa shape index (κ2) is 5.98. The van der Waals surface area contributed by atoms with Crippen LogP contribution in [0, 0.1) is 6.92 Å². The van der Waals surface area contributed by atoms with Crippen molar-refractivity contribution in [2.75, 3.05) is 6.54 Å². The molecule has 1 aromatic heterocycles. The number of hydrogen-bond acceptors (Lipinski definition) is 3. The first-order chi connectivity index (χ1) is 7.93. The van der Waals surface area contributed by atoms with Gasteiger partial charge in [-0.3, -0.25) is 4.68 Å². The summed E-state index contributed by atoms with van der Waals surface area (Å²) in [5.74, 6) is 0. The van der Waals surface area contributed by atoms with Gasteiger partial charge in [0.25, 0.3) is 0 Å². The van der Waals surface area contributed by atoms with E-state index in [1.807, 2.05) is 32.5 Å². The molecule has 0 radical (unpaired) electrons. The molecule has 0 atom stereocenters. The van der Waals surface area contributed by atoms with Gasteiger partial charge in [0.1, 0.15) is 0 Å². The zero-order chi connectivity index (χ0) is 13.1. The maximum absolute atomic E-state index is 10.2. The fourth-order valence-corrected chi connectivity index (χ4v) is 2.26. The van der Waals surface area contributed by atoms with Gasteiger partial charge in [-0.05, 0) is 35.7 Å². The number of aliphatic hydroxyl groups is 1. The lowest BCUT2D eigenvalue weighted by molar-refractivity contribution is 0.0321. The third-order valence-electron chi connectivity index (χ3n) is 3.32. The molecule has 1 aromatic rings. The Labute approximate surface area is 112 Å². The van der Waals surface area contributed by atoms with E-state index in [1.54, 1.807) is 0 Å². The minimum atomic E-state index is -0.597. The van der Waals surface area contributed by atoms with Crippen LogP contribution in [-0.2, 0) is 13.6 Å². The Balaban J connectivity index is 2.57. The number of nitrogens with zero attached hydrogens (tertiary/aromatic N) is 2. The Bertz CT molecular complexity index is 372. The predicted octanol–water partition coefficient (Wildman–Crippen LogP) is 2.13. The van der Waals surface area contributed by atoms with E-state index in [1.165, 1.54) is 0 Å². The van der Waals surface area contributed by atoms with Gasteiger partial charge in [0.15, 0.2) is 0 Å². The summed E-state index contributed by atoms with van der Waals surface area (Å²) in [5.41, 5.74) is 1.50. The first-order valence-corrected chi connectivity index (χ1v) is 6.84. The van der Waals surface area contributed by atoms with Crippen molar-refractivity contribution in [1.82, 2.24) is 15.1 Å². The number of aryl methyl sites for hydroxylation is 2. The van der Waals surface area contributed by atoms with Crippen LogP contribution in [0.3, 0.4) is 0 Å². The highest BCUT2D eigenvalue weighted by Gasteiger charge is 2.21. The molecule has 0 aliphatic heterocycles. The van der Waals surface area contributed by atoms with Gasteiger partial charge in [-0.25, -0.2) is 0 Å². The van der Waals surface area contributed by atoms with Crippen LogP contribution in [0.25, 0.3) is 0 Å². The molecule has 98 valence electrons.